The number of halogens is 1. The van der Waals surface area contributed by atoms with Crippen molar-refractivity contribution in [3.05, 3.63) is 68.1 Å². The lowest BCUT2D eigenvalue weighted by Gasteiger charge is -2.25. The number of rotatable bonds is 9. The van der Waals surface area contributed by atoms with E-state index in [2.05, 4.69) is 4.98 Å². The molecule has 2 heterocycles. The Kier molecular flexibility index (Phi) is 7.85. The van der Waals surface area contributed by atoms with E-state index < -0.39 is 17.2 Å². The van der Waals surface area contributed by atoms with Crippen molar-refractivity contribution >= 4 is 29.0 Å². The number of nitrogen functional groups attached to an aromatic ring is 1. The summed E-state index contributed by atoms with van der Waals surface area (Å²) in [6.07, 6.45) is 3.62. The number of carbonyl (C=O) groups excluding carboxylic acids is 1. The summed E-state index contributed by atoms with van der Waals surface area (Å²) in [5.41, 5.74) is 5.44. The van der Waals surface area contributed by atoms with Gasteiger partial charge in [0.05, 0.1) is 30.0 Å². The highest BCUT2D eigenvalue weighted by Gasteiger charge is 2.28. The second kappa shape index (κ2) is 10.6. The molecule has 34 heavy (non-hydrogen) atoms. The highest BCUT2D eigenvalue weighted by molar-refractivity contribution is 6.33. The van der Waals surface area contributed by atoms with Gasteiger partial charge in [0.15, 0.2) is 5.69 Å². The molecule has 0 saturated heterocycles. The topological polar surface area (TPSA) is 125 Å². The van der Waals surface area contributed by atoms with Crippen LogP contribution >= 0.6 is 11.6 Å². The summed E-state index contributed by atoms with van der Waals surface area (Å²) < 4.78 is 13.7. The molecule has 0 saturated carbocycles. The van der Waals surface area contributed by atoms with Gasteiger partial charge in [-0.1, -0.05) is 25.4 Å². The third kappa shape index (κ3) is 5.02. The fraction of sp³-hybridized carbons (Fsp3) is 0.348. The fourth-order valence-corrected chi connectivity index (χ4v) is 3.86. The molecule has 11 heteroatoms. The number of ether oxygens (including phenoxy) is 2. The van der Waals surface area contributed by atoms with Gasteiger partial charge in [0.2, 0.25) is 0 Å². The van der Waals surface area contributed by atoms with Crippen LogP contribution in [0.25, 0.3) is 5.69 Å². The molecule has 0 aliphatic heterocycles. The first kappa shape index (κ1) is 25.1. The summed E-state index contributed by atoms with van der Waals surface area (Å²) in [5.74, 6) is -0.365. The highest BCUT2D eigenvalue weighted by Crippen LogP contribution is 2.32. The molecule has 3 aromatic rings. The van der Waals surface area contributed by atoms with Crippen LogP contribution in [0.15, 0.2) is 46.2 Å². The number of hydrogen-bond donors (Lipinski definition) is 2. The van der Waals surface area contributed by atoms with Crippen LogP contribution in [0.4, 0.5) is 11.5 Å². The van der Waals surface area contributed by atoms with E-state index in [-0.39, 0.29) is 48.4 Å². The maximum atomic E-state index is 13.7. The van der Waals surface area contributed by atoms with Gasteiger partial charge >= 0.3 is 5.69 Å². The van der Waals surface area contributed by atoms with Crippen molar-refractivity contribution in [2.75, 3.05) is 38.0 Å². The molecule has 0 spiro atoms. The zero-order valence-electron chi connectivity index (χ0n) is 19.5. The molecule has 0 atom stereocenters. The number of aromatic nitrogens is 3. The molecule has 3 rings (SSSR count). The smallest absolute Gasteiger partial charge is 0.330 e. The summed E-state index contributed by atoms with van der Waals surface area (Å²) >= 11 is 6.50. The van der Waals surface area contributed by atoms with Crippen molar-refractivity contribution in [2.45, 2.75) is 20.4 Å². The normalized spacial score (nSPS) is 11.1. The third-order valence-electron chi connectivity index (χ3n) is 5.18. The van der Waals surface area contributed by atoms with Gasteiger partial charge in [-0.15, -0.1) is 0 Å². The van der Waals surface area contributed by atoms with Crippen molar-refractivity contribution in [1.29, 1.82) is 0 Å². The van der Waals surface area contributed by atoms with Crippen molar-refractivity contribution in [2.24, 2.45) is 5.92 Å². The number of nitrogens with zero attached hydrogens (tertiary/aromatic N) is 3. The number of aromatic amines is 1. The third-order valence-corrected chi connectivity index (χ3v) is 5.48. The first-order valence-electron chi connectivity index (χ1n) is 10.6. The van der Waals surface area contributed by atoms with Gasteiger partial charge in [0.1, 0.15) is 11.6 Å². The Morgan fingerprint density at radius 1 is 1.21 bits per heavy atom. The van der Waals surface area contributed by atoms with Crippen LogP contribution in [0, 0.1) is 5.92 Å². The molecule has 1 aromatic carbocycles. The molecule has 182 valence electrons. The SMILES string of the molecule is COCCN(C(=O)c1cc(Cl)c(-n2cccc2)cc1OC)c1c(N)n(CC(C)C)c(=O)[nH]c1=O. The summed E-state index contributed by atoms with van der Waals surface area (Å²) in [5, 5.41) is 0.304. The molecule has 0 unspecified atom stereocenters. The summed E-state index contributed by atoms with van der Waals surface area (Å²) in [7, 11) is 2.90. The Morgan fingerprint density at radius 2 is 1.88 bits per heavy atom. The number of carbonyl (C=O) groups is 1. The summed E-state index contributed by atoms with van der Waals surface area (Å²) in [6, 6.07) is 6.80. The van der Waals surface area contributed by atoms with Gasteiger partial charge in [-0.3, -0.25) is 24.0 Å². The molecule has 0 aliphatic carbocycles. The molecule has 10 nitrogen and oxygen atoms in total. The lowest BCUT2D eigenvalue weighted by atomic mass is 10.1. The monoisotopic (exact) mass is 489 g/mol. The Bertz CT molecular complexity index is 1280. The number of hydrogen-bond acceptors (Lipinski definition) is 6. The van der Waals surface area contributed by atoms with Gasteiger partial charge in [-0.2, -0.15) is 0 Å². The largest absolute Gasteiger partial charge is 0.496 e. The summed E-state index contributed by atoms with van der Waals surface area (Å²) in [4.78, 5) is 42.4. The van der Waals surface area contributed by atoms with Crippen molar-refractivity contribution in [1.82, 2.24) is 14.1 Å². The number of H-pyrrole nitrogens is 1. The number of methoxy groups -OCH3 is 2. The van der Waals surface area contributed by atoms with E-state index in [1.807, 2.05) is 38.4 Å². The number of nitrogens with one attached hydrogen (secondary N) is 1. The zero-order valence-corrected chi connectivity index (χ0v) is 20.3. The molecular formula is C23H28ClN5O5. The van der Waals surface area contributed by atoms with E-state index in [1.165, 1.54) is 29.8 Å². The van der Waals surface area contributed by atoms with Gasteiger partial charge in [0.25, 0.3) is 11.5 Å². The quantitative estimate of drug-likeness (QED) is 0.476. The van der Waals surface area contributed by atoms with Crippen molar-refractivity contribution in [3.8, 4) is 11.4 Å². The molecule has 0 bridgehead atoms. The maximum Gasteiger partial charge on any atom is 0.330 e. The van der Waals surface area contributed by atoms with Crippen LogP contribution in [0.5, 0.6) is 5.75 Å². The number of benzene rings is 1. The van der Waals surface area contributed by atoms with Crippen LogP contribution in [0.2, 0.25) is 5.02 Å². The second-order valence-corrected chi connectivity index (χ2v) is 8.45. The Morgan fingerprint density at radius 3 is 2.47 bits per heavy atom. The Labute approximate surface area is 201 Å². The Balaban J connectivity index is 2.17. The average molecular weight is 490 g/mol. The fourth-order valence-electron chi connectivity index (χ4n) is 3.60. The first-order chi connectivity index (χ1) is 16.2. The minimum absolute atomic E-state index is 0.00260. The molecule has 0 aliphatic rings. The van der Waals surface area contributed by atoms with Gasteiger partial charge in [-0.05, 0) is 24.1 Å². The number of amides is 1. The van der Waals surface area contributed by atoms with Gasteiger partial charge < -0.3 is 19.8 Å². The van der Waals surface area contributed by atoms with Gasteiger partial charge in [0, 0.05) is 38.7 Å². The maximum absolute atomic E-state index is 13.7. The predicted octanol–water partition coefficient (Wildman–Crippen LogP) is 2.52. The Hall–Kier alpha value is -3.50. The molecule has 2 aromatic heterocycles. The lowest BCUT2D eigenvalue weighted by molar-refractivity contribution is 0.0972. The van der Waals surface area contributed by atoms with Crippen molar-refractivity contribution < 1.29 is 14.3 Å². The molecule has 0 fully saturated rings. The predicted molar refractivity (Wildman–Crippen MR) is 131 cm³/mol. The van der Waals surface area contributed by atoms with E-state index in [4.69, 9.17) is 26.8 Å². The molecular weight excluding hydrogens is 462 g/mol. The van der Waals surface area contributed by atoms with Crippen LogP contribution < -0.4 is 26.6 Å². The average Bonchev–Trinajstić information content (AvgIpc) is 3.32. The van der Waals surface area contributed by atoms with E-state index >= 15 is 0 Å². The first-order valence-corrected chi connectivity index (χ1v) is 11.0. The molecule has 1 amide bonds. The number of nitrogens with two attached hydrogens (primary N) is 1. The van der Waals surface area contributed by atoms with E-state index in [0.717, 1.165) is 0 Å². The minimum Gasteiger partial charge on any atom is -0.496 e. The van der Waals surface area contributed by atoms with Crippen LogP contribution in [-0.2, 0) is 11.3 Å². The van der Waals surface area contributed by atoms with E-state index in [9.17, 15) is 14.4 Å². The minimum atomic E-state index is -0.777. The van der Waals surface area contributed by atoms with E-state index in [1.54, 1.807) is 10.6 Å². The molecule has 0 radical (unpaired) electrons. The summed E-state index contributed by atoms with van der Waals surface area (Å²) in [6.45, 7) is 4.20. The lowest BCUT2D eigenvalue weighted by Crippen LogP contribution is -2.43. The van der Waals surface area contributed by atoms with Crippen LogP contribution in [0.1, 0.15) is 24.2 Å². The second-order valence-electron chi connectivity index (χ2n) is 8.04. The van der Waals surface area contributed by atoms with E-state index in [0.29, 0.717) is 10.7 Å². The highest BCUT2D eigenvalue weighted by atomic mass is 35.5. The molecule has 3 N–H and O–H groups in total. The van der Waals surface area contributed by atoms with Gasteiger partial charge in [-0.25, -0.2) is 4.79 Å². The zero-order chi connectivity index (χ0) is 25.0. The van der Waals surface area contributed by atoms with Crippen molar-refractivity contribution in [3.63, 3.8) is 0 Å². The standard InChI is InChI=1S/C23H28ClN5O5/c1-14(2)13-29-20(25)19(21(30)26-23(29)32)28(9-10-33-3)22(31)15-11-16(24)17(12-18(15)34-4)27-7-5-6-8-27/h5-8,11-12,14H,9-10,13,25H2,1-4H3,(H,26,30,32). The van der Waals surface area contributed by atoms with Crippen LogP contribution in [0.3, 0.4) is 0 Å². The van der Waals surface area contributed by atoms with Crippen LogP contribution in [-0.4, -0.2) is 47.4 Å². The number of anilines is 2.